The summed E-state index contributed by atoms with van der Waals surface area (Å²) >= 11 is 2.92. The van der Waals surface area contributed by atoms with Crippen molar-refractivity contribution in [2.24, 2.45) is 0 Å². The summed E-state index contributed by atoms with van der Waals surface area (Å²) in [6.45, 7) is 2.37. The molecule has 21 heavy (non-hydrogen) atoms. The van der Waals surface area contributed by atoms with Crippen LogP contribution in [0, 0.1) is 5.82 Å². The van der Waals surface area contributed by atoms with E-state index in [-0.39, 0.29) is 15.8 Å². The summed E-state index contributed by atoms with van der Waals surface area (Å²) in [5, 5.41) is 8.91. The van der Waals surface area contributed by atoms with E-state index >= 15 is 0 Å². The summed E-state index contributed by atoms with van der Waals surface area (Å²) in [7, 11) is 0. The Morgan fingerprint density at radius 2 is 2.00 bits per heavy atom. The van der Waals surface area contributed by atoms with E-state index in [4.69, 9.17) is 14.6 Å². The highest BCUT2D eigenvalue weighted by atomic mass is 79.9. The lowest BCUT2D eigenvalue weighted by atomic mass is 10.2. The average Bonchev–Trinajstić information content (AvgIpc) is 2.44. The Kier molecular flexibility index (Phi) is 4.80. The minimum Gasteiger partial charge on any atom is -0.494 e. The minimum absolute atomic E-state index is 0.0690. The van der Waals surface area contributed by atoms with Gasteiger partial charge in [0.2, 0.25) is 0 Å². The molecule has 6 heteroatoms. The second-order valence-corrected chi connectivity index (χ2v) is 4.85. The van der Waals surface area contributed by atoms with Crippen molar-refractivity contribution in [1.82, 2.24) is 0 Å². The number of hydrogen-bond acceptors (Lipinski definition) is 3. The van der Waals surface area contributed by atoms with Gasteiger partial charge in [0, 0.05) is 6.07 Å². The minimum atomic E-state index is -1.22. The maximum Gasteiger partial charge on any atom is 0.336 e. The fourth-order valence-electron chi connectivity index (χ4n) is 1.70. The van der Waals surface area contributed by atoms with Crippen LogP contribution in [0.4, 0.5) is 4.39 Å². The molecule has 0 aromatic heterocycles. The van der Waals surface area contributed by atoms with Gasteiger partial charge in [-0.05, 0) is 47.1 Å². The van der Waals surface area contributed by atoms with Gasteiger partial charge in [-0.15, -0.1) is 0 Å². The first kappa shape index (κ1) is 15.3. The number of carboxylic acid groups (broad SMARTS) is 1. The van der Waals surface area contributed by atoms with Crippen molar-refractivity contribution in [3.8, 4) is 17.2 Å². The van der Waals surface area contributed by atoms with Gasteiger partial charge in [0.15, 0.2) is 11.6 Å². The molecule has 0 saturated heterocycles. The van der Waals surface area contributed by atoms with E-state index in [9.17, 15) is 9.18 Å². The third-order valence-corrected chi connectivity index (χ3v) is 3.40. The Hall–Kier alpha value is -2.08. The largest absolute Gasteiger partial charge is 0.494 e. The van der Waals surface area contributed by atoms with Crippen molar-refractivity contribution in [1.29, 1.82) is 0 Å². The molecule has 0 aliphatic rings. The zero-order valence-corrected chi connectivity index (χ0v) is 12.7. The molecular formula is C15H12BrFO4. The van der Waals surface area contributed by atoms with Crippen molar-refractivity contribution < 1.29 is 23.8 Å². The van der Waals surface area contributed by atoms with Crippen molar-refractivity contribution >= 4 is 21.9 Å². The van der Waals surface area contributed by atoms with Crippen molar-refractivity contribution in [2.75, 3.05) is 6.61 Å². The molecule has 0 radical (unpaired) electrons. The van der Waals surface area contributed by atoms with Gasteiger partial charge in [-0.25, -0.2) is 9.18 Å². The summed E-state index contributed by atoms with van der Waals surface area (Å²) in [4.78, 5) is 10.9. The third-order valence-electron chi connectivity index (χ3n) is 2.62. The number of carboxylic acids is 1. The average molecular weight is 355 g/mol. The zero-order valence-electron chi connectivity index (χ0n) is 11.1. The van der Waals surface area contributed by atoms with Gasteiger partial charge < -0.3 is 14.6 Å². The van der Waals surface area contributed by atoms with E-state index in [0.717, 1.165) is 0 Å². The van der Waals surface area contributed by atoms with Gasteiger partial charge >= 0.3 is 5.97 Å². The van der Waals surface area contributed by atoms with E-state index in [1.807, 2.05) is 6.92 Å². The monoisotopic (exact) mass is 354 g/mol. The fraction of sp³-hybridized carbons (Fsp3) is 0.133. The van der Waals surface area contributed by atoms with Gasteiger partial charge in [0.1, 0.15) is 11.5 Å². The van der Waals surface area contributed by atoms with Crippen LogP contribution in [0.1, 0.15) is 17.3 Å². The predicted octanol–water partition coefficient (Wildman–Crippen LogP) is 4.48. The van der Waals surface area contributed by atoms with Crippen molar-refractivity contribution in [3.05, 3.63) is 52.3 Å². The molecule has 0 atom stereocenters. The number of rotatable bonds is 5. The molecule has 0 aliphatic carbocycles. The van der Waals surface area contributed by atoms with Crippen LogP contribution in [0.3, 0.4) is 0 Å². The molecule has 0 unspecified atom stereocenters. The number of hydrogen-bond donors (Lipinski definition) is 1. The van der Waals surface area contributed by atoms with Gasteiger partial charge in [0.05, 0.1) is 16.6 Å². The highest BCUT2D eigenvalue weighted by molar-refractivity contribution is 9.10. The molecule has 1 N–H and O–H groups in total. The first-order valence-corrected chi connectivity index (χ1v) is 6.94. The molecule has 0 amide bonds. The summed E-state index contributed by atoms with van der Waals surface area (Å²) in [6.07, 6.45) is 0. The molecule has 0 heterocycles. The van der Waals surface area contributed by atoms with E-state index in [1.54, 1.807) is 24.3 Å². The molecule has 0 spiro atoms. The normalized spacial score (nSPS) is 10.2. The Balaban J connectivity index is 2.30. The molecule has 0 aliphatic heterocycles. The van der Waals surface area contributed by atoms with E-state index in [1.165, 1.54) is 12.1 Å². The van der Waals surface area contributed by atoms with E-state index in [2.05, 4.69) is 15.9 Å². The molecular weight excluding hydrogens is 343 g/mol. The lowest BCUT2D eigenvalue weighted by Gasteiger charge is -2.10. The molecule has 2 aromatic carbocycles. The van der Waals surface area contributed by atoms with Crippen molar-refractivity contribution in [3.63, 3.8) is 0 Å². The van der Waals surface area contributed by atoms with Gasteiger partial charge in [-0.3, -0.25) is 0 Å². The quantitative estimate of drug-likeness (QED) is 0.859. The maximum absolute atomic E-state index is 14.1. The Bertz CT molecular complexity index is 673. The Morgan fingerprint density at radius 1 is 1.29 bits per heavy atom. The third kappa shape index (κ3) is 3.52. The highest BCUT2D eigenvalue weighted by Gasteiger charge is 2.17. The standard InChI is InChI=1S/C15H12BrFO4/c1-2-20-9-4-3-5-10(8-9)21-12-7-6-11(15(18)19)13(16)14(12)17/h3-8H,2H2,1H3,(H,18,19). The lowest BCUT2D eigenvalue weighted by molar-refractivity contribution is 0.0695. The first-order valence-electron chi connectivity index (χ1n) is 6.15. The first-order chi connectivity index (χ1) is 10.0. The van der Waals surface area contributed by atoms with E-state index in [0.29, 0.717) is 18.1 Å². The molecule has 0 fully saturated rings. The van der Waals surface area contributed by atoms with Crippen LogP contribution in [0.5, 0.6) is 17.2 Å². The maximum atomic E-state index is 14.1. The summed E-state index contributed by atoms with van der Waals surface area (Å²) in [5.41, 5.74) is -0.164. The van der Waals surface area contributed by atoms with Crippen LogP contribution >= 0.6 is 15.9 Å². The van der Waals surface area contributed by atoms with E-state index < -0.39 is 11.8 Å². The Labute approximate surface area is 129 Å². The number of ether oxygens (including phenoxy) is 2. The van der Waals surface area contributed by atoms with Crippen LogP contribution in [0.25, 0.3) is 0 Å². The van der Waals surface area contributed by atoms with Crippen molar-refractivity contribution in [2.45, 2.75) is 6.92 Å². The number of halogens is 2. The smallest absolute Gasteiger partial charge is 0.336 e. The van der Waals surface area contributed by atoms with Crippen LogP contribution in [0.2, 0.25) is 0 Å². The molecule has 2 aromatic rings. The second kappa shape index (κ2) is 6.58. The molecule has 0 bridgehead atoms. The predicted molar refractivity (Wildman–Crippen MR) is 78.7 cm³/mol. The van der Waals surface area contributed by atoms with Crippen LogP contribution in [-0.4, -0.2) is 17.7 Å². The second-order valence-electron chi connectivity index (χ2n) is 4.05. The summed E-state index contributed by atoms with van der Waals surface area (Å²) < 4.78 is 24.7. The molecule has 2 rings (SSSR count). The van der Waals surface area contributed by atoms with Crippen LogP contribution < -0.4 is 9.47 Å². The zero-order chi connectivity index (χ0) is 15.4. The van der Waals surface area contributed by atoms with Gasteiger partial charge in [-0.1, -0.05) is 6.07 Å². The van der Waals surface area contributed by atoms with Gasteiger partial charge in [0.25, 0.3) is 0 Å². The number of carbonyl (C=O) groups is 1. The Morgan fingerprint density at radius 3 is 2.67 bits per heavy atom. The fourth-order valence-corrected chi connectivity index (χ4v) is 2.19. The highest BCUT2D eigenvalue weighted by Crippen LogP contribution is 2.32. The van der Waals surface area contributed by atoms with Gasteiger partial charge in [-0.2, -0.15) is 0 Å². The molecule has 0 saturated carbocycles. The lowest BCUT2D eigenvalue weighted by Crippen LogP contribution is -2.00. The molecule has 4 nitrogen and oxygen atoms in total. The molecule has 110 valence electrons. The van der Waals surface area contributed by atoms with Crippen LogP contribution in [-0.2, 0) is 0 Å². The van der Waals surface area contributed by atoms with Crippen LogP contribution in [0.15, 0.2) is 40.9 Å². The topological polar surface area (TPSA) is 55.8 Å². The summed E-state index contributed by atoms with van der Waals surface area (Å²) in [5.74, 6) is -1.05. The SMILES string of the molecule is CCOc1cccc(Oc2ccc(C(=O)O)c(Br)c2F)c1. The number of aromatic carboxylic acids is 1. The number of benzene rings is 2. The summed E-state index contributed by atoms with van der Waals surface area (Å²) in [6, 6.07) is 9.31.